The van der Waals surface area contributed by atoms with Crippen molar-refractivity contribution >= 4 is 49.9 Å². The second kappa shape index (κ2) is 3.69. The van der Waals surface area contributed by atoms with Gasteiger partial charge in [0.05, 0.1) is 23.8 Å². The monoisotopic (exact) mass is 306 g/mol. The Balaban J connectivity index is 2.56. The number of nitrogens with zero attached hydrogens (tertiary/aromatic N) is 4. The molecule has 0 fully saturated rings. The second-order valence-electron chi connectivity index (χ2n) is 3.43. The maximum absolute atomic E-state index is 6.98. The van der Waals surface area contributed by atoms with E-state index in [1.807, 2.05) is 10.5 Å². The minimum atomic E-state index is 0.324. The molecule has 0 radical (unpaired) electrons. The second-order valence-corrected chi connectivity index (χ2v) is 4.60. The van der Waals surface area contributed by atoms with Gasteiger partial charge >= 0.3 is 0 Å². The number of hydrogen-bond acceptors (Lipinski definition) is 2. The summed E-state index contributed by atoms with van der Waals surface area (Å²) in [6.07, 6.45) is 1.67. The quantitative estimate of drug-likeness (QED) is 0.591. The van der Waals surface area contributed by atoms with Crippen LogP contribution in [0.3, 0.4) is 0 Å². The molecule has 0 saturated heterocycles. The Kier molecular flexibility index (Phi) is 2.28. The fourth-order valence-corrected chi connectivity index (χ4v) is 2.41. The van der Waals surface area contributed by atoms with Crippen LogP contribution >= 0.6 is 27.5 Å². The minimum Gasteiger partial charge on any atom is -0.283 e. The smallest absolute Gasteiger partial charge is 0.189 e. The number of halogens is 2. The molecule has 2 heterocycles. The number of rotatable bonds is 0. The van der Waals surface area contributed by atoms with Crippen molar-refractivity contribution in [1.82, 2.24) is 14.4 Å². The van der Waals surface area contributed by atoms with E-state index in [0.29, 0.717) is 22.0 Å². The van der Waals surface area contributed by atoms with E-state index in [4.69, 9.17) is 18.2 Å². The average molecular weight is 308 g/mol. The van der Waals surface area contributed by atoms with E-state index >= 15 is 0 Å². The summed E-state index contributed by atoms with van der Waals surface area (Å²) in [5, 5.41) is 0.324. The van der Waals surface area contributed by atoms with Gasteiger partial charge in [-0.2, -0.15) is 0 Å². The van der Waals surface area contributed by atoms with Crippen LogP contribution in [-0.2, 0) is 0 Å². The van der Waals surface area contributed by atoms with E-state index in [-0.39, 0.29) is 0 Å². The maximum Gasteiger partial charge on any atom is 0.189 e. The molecule has 17 heavy (non-hydrogen) atoms. The van der Waals surface area contributed by atoms with Gasteiger partial charge in [0.2, 0.25) is 0 Å². The lowest BCUT2D eigenvalue weighted by atomic mass is 10.2. The zero-order valence-electron chi connectivity index (χ0n) is 8.35. The molecule has 3 rings (SSSR count). The first-order valence-corrected chi connectivity index (χ1v) is 5.87. The van der Waals surface area contributed by atoms with Crippen LogP contribution in [0.4, 0.5) is 5.69 Å². The average Bonchev–Trinajstić information content (AvgIpc) is 2.72. The summed E-state index contributed by atoms with van der Waals surface area (Å²) in [4.78, 5) is 11.8. The molecule has 1 aromatic carbocycles. The zero-order chi connectivity index (χ0) is 12.0. The Morgan fingerprint density at radius 1 is 1.41 bits per heavy atom. The van der Waals surface area contributed by atoms with Crippen LogP contribution in [0, 0.1) is 6.57 Å². The molecule has 0 amide bonds. The van der Waals surface area contributed by atoms with Gasteiger partial charge in [-0.1, -0.05) is 17.7 Å². The lowest BCUT2D eigenvalue weighted by Crippen LogP contribution is -1.92. The van der Waals surface area contributed by atoms with E-state index in [2.05, 4.69) is 30.7 Å². The summed E-state index contributed by atoms with van der Waals surface area (Å²) in [5.41, 5.74) is 2.68. The van der Waals surface area contributed by atoms with Crippen molar-refractivity contribution in [2.45, 2.75) is 0 Å². The van der Waals surface area contributed by atoms with Crippen LogP contribution in [0.5, 0.6) is 0 Å². The van der Waals surface area contributed by atoms with Crippen LogP contribution in [0.25, 0.3) is 21.5 Å². The van der Waals surface area contributed by atoms with Crippen LogP contribution in [0.1, 0.15) is 0 Å². The van der Waals surface area contributed by atoms with Crippen molar-refractivity contribution in [2.24, 2.45) is 0 Å². The van der Waals surface area contributed by atoms with Crippen molar-refractivity contribution in [1.29, 1.82) is 0 Å². The highest BCUT2D eigenvalue weighted by atomic mass is 79.9. The fraction of sp³-hybridized carbons (Fsp3) is 0. The van der Waals surface area contributed by atoms with E-state index in [1.165, 1.54) is 0 Å². The summed E-state index contributed by atoms with van der Waals surface area (Å²) >= 11 is 9.46. The topological polar surface area (TPSA) is 34.5 Å². The molecule has 82 valence electrons. The zero-order valence-corrected chi connectivity index (χ0v) is 10.7. The molecule has 0 bridgehead atoms. The van der Waals surface area contributed by atoms with Crippen LogP contribution in [0.15, 0.2) is 29.0 Å². The van der Waals surface area contributed by atoms with Gasteiger partial charge in [0.15, 0.2) is 16.5 Å². The van der Waals surface area contributed by atoms with Crippen molar-refractivity contribution in [3.63, 3.8) is 0 Å². The number of fused-ring (bicyclic) bond motifs is 3. The van der Waals surface area contributed by atoms with E-state index in [1.54, 1.807) is 18.3 Å². The van der Waals surface area contributed by atoms with Crippen LogP contribution in [-0.4, -0.2) is 14.4 Å². The highest BCUT2D eigenvalue weighted by Crippen LogP contribution is 2.27. The fourth-order valence-electron chi connectivity index (χ4n) is 1.72. The van der Waals surface area contributed by atoms with Gasteiger partial charge in [0.1, 0.15) is 4.60 Å². The lowest BCUT2D eigenvalue weighted by Gasteiger charge is -2.04. The van der Waals surface area contributed by atoms with E-state index < -0.39 is 0 Å². The summed E-state index contributed by atoms with van der Waals surface area (Å²) in [5.74, 6) is 0. The molecule has 0 N–H and O–H groups in total. The third-order valence-corrected chi connectivity index (χ3v) is 3.26. The largest absolute Gasteiger partial charge is 0.283 e. The first-order chi connectivity index (χ1) is 8.20. The number of imidazole rings is 1. The Bertz CT molecular complexity index is 787. The van der Waals surface area contributed by atoms with E-state index in [0.717, 1.165) is 10.1 Å². The molecule has 6 heteroatoms. The summed E-state index contributed by atoms with van der Waals surface area (Å²) in [7, 11) is 0. The summed E-state index contributed by atoms with van der Waals surface area (Å²) in [6.45, 7) is 6.98. The van der Waals surface area contributed by atoms with Gasteiger partial charge in [-0.15, -0.1) is 0 Å². The Morgan fingerprint density at radius 3 is 3.00 bits per heavy atom. The molecular weight excluding hydrogens is 304 g/mol. The predicted molar refractivity (Wildman–Crippen MR) is 69.5 cm³/mol. The predicted octanol–water partition coefficient (Wildman–Crippen LogP) is 3.85. The highest BCUT2D eigenvalue weighted by Gasteiger charge is 2.10. The molecule has 0 atom stereocenters. The third kappa shape index (κ3) is 1.49. The molecule has 4 nitrogen and oxygen atoms in total. The number of benzene rings is 1. The molecule has 0 aliphatic carbocycles. The summed E-state index contributed by atoms with van der Waals surface area (Å²) in [6, 6.07) is 5.29. The van der Waals surface area contributed by atoms with Crippen LogP contribution in [0.2, 0.25) is 5.15 Å². The van der Waals surface area contributed by atoms with Crippen molar-refractivity contribution in [3.8, 4) is 0 Å². The van der Waals surface area contributed by atoms with Crippen molar-refractivity contribution in [2.75, 3.05) is 0 Å². The van der Waals surface area contributed by atoms with Crippen molar-refractivity contribution in [3.05, 3.63) is 45.6 Å². The Hall–Kier alpha value is -1.64. The molecular formula is C11H4BrClN4. The van der Waals surface area contributed by atoms with Gasteiger partial charge in [-0.05, 0) is 28.1 Å². The van der Waals surface area contributed by atoms with Gasteiger partial charge in [-0.3, -0.25) is 4.40 Å². The molecule has 3 aromatic rings. The van der Waals surface area contributed by atoms with Gasteiger partial charge in [-0.25, -0.2) is 14.8 Å². The molecule has 0 spiro atoms. The molecule has 0 saturated carbocycles. The number of hydrogen-bond donors (Lipinski definition) is 0. The van der Waals surface area contributed by atoms with Gasteiger partial charge in [0, 0.05) is 0 Å². The first kappa shape index (κ1) is 10.5. The Morgan fingerprint density at radius 2 is 2.24 bits per heavy atom. The number of aromatic nitrogens is 3. The lowest BCUT2D eigenvalue weighted by molar-refractivity contribution is 1.18. The molecule has 0 aliphatic heterocycles. The van der Waals surface area contributed by atoms with Crippen molar-refractivity contribution < 1.29 is 0 Å². The van der Waals surface area contributed by atoms with Gasteiger partial charge < -0.3 is 0 Å². The van der Waals surface area contributed by atoms with Gasteiger partial charge in [0.25, 0.3) is 0 Å². The normalized spacial score (nSPS) is 10.9. The molecule has 0 aliphatic rings. The first-order valence-electron chi connectivity index (χ1n) is 4.70. The minimum absolute atomic E-state index is 0.324. The highest BCUT2D eigenvalue weighted by molar-refractivity contribution is 9.10. The maximum atomic E-state index is 6.98. The summed E-state index contributed by atoms with van der Waals surface area (Å²) < 4.78 is 2.66. The van der Waals surface area contributed by atoms with E-state index in [9.17, 15) is 0 Å². The van der Waals surface area contributed by atoms with Crippen LogP contribution < -0.4 is 0 Å². The Labute approximate surface area is 110 Å². The SMILES string of the molecule is [C-]#[N+]c1ccc2c(c1)nc(Cl)c1ncc(Br)n12. The molecule has 2 aromatic heterocycles. The molecule has 0 unspecified atom stereocenters. The standard InChI is InChI=1S/C11H4BrClN4/c1-14-6-2-3-8-7(4-6)16-10(13)11-15-5-9(12)17(8)11/h2-5H. The third-order valence-electron chi connectivity index (χ3n) is 2.45.